The summed E-state index contributed by atoms with van der Waals surface area (Å²) in [7, 11) is 0. The Labute approximate surface area is 217 Å². The van der Waals surface area contributed by atoms with Crippen molar-refractivity contribution >= 4 is 27.5 Å². The Bertz CT molecular complexity index is 1120. The Kier molecular flexibility index (Phi) is 10.1. The van der Waals surface area contributed by atoms with Gasteiger partial charge in [0.15, 0.2) is 6.10 Å². The highest BCUT2D eigenvalue weighted by molar-refractivity contribution is 9.10. The zero-order valence-electron chi connectivity index (χ0n) is 20.8. The van der Waals surface area contributed by atoms with Crippen molar-refractivity contribution in [3.8, 4) is 16.9 Å². The van der Waals surface area contributed by atoms with Gasteiger partial charge >= 0.3 is 5.97 Å². The summed E-state index contributed by atoms with van der Waals surface area (Å²) in [5.41, 5.74) is 6.95. The van der Waals surface area contributed by atoms with Crippen molar-refractivity contribution in [3.63, 3.8) is 0 Å². The average molecular weight is 537 g/mol. The molecule has 3 rings (SSSR count). The number of esters is 1. The van der Waals surface area contributed by atoms with Crippen molar-refractivity contribution in [1.29, 1.82) is 0 Å². The van der Waals surface area contributed by atoms with Gasteiger partial charge in [-0.05, 0) is 85.4 Å². The van der Waals surface area contributed by atoms with Crippen LogP contribution in [-0.2, 0) is 20.7 Å². The fourth-order valence-electron chi connectivity index (χ4n) is 3.68. The Hall–Kier alpha value is -2.89. The predicted molar refractivity (Wildman–Crippen MR) is 146 cm³/mol. The molecule has 0 bridgehead atoms. The van der Waals surface area contributed by atoms with Gasteiger partial charge < -0.3 is 14.2 Å². The van der Waals surface area contributed by atoms with Crippen molar-refractivity contribution < 1.29 is 19.0 Å². The SMILES string of the molecule is CCOC(=O)C(Cc1ccc(OC/C(C)=C(\C)c2ccc(-c3ccc(Br)cc3)cc2)cc1)OCC. The number of ether oxygens (including phenoxy) is 3. The maximum atomic E-state index is 12.1. The van der Waals surface area contributed by atoms with E-state index in [1.807, 2.05) is 31.2 Å². The molecule has 3 aromatic carbocycles. The second-order valence-corrected chi connectivity index (χ2v) is 9.24. The van der Waals surface area contributed by atoms with Gasteiger partial charge in [0.1, 0.15) is 12.4 Å². The van der Waals surface area contributed by atoms with E-state index in [9.17, 15) is 4.79 Å². The van der Waals surface area contributed by atoms with E-state index in [4.69, 9.17) is 14.2 Å². The largest absolute Gasteiger partial charge is 0.489 e. The van der Waals surface area contributed by atoms with Gasteiger partial charge in [-0.15, -0.1) is 0 Å². The number of hydrogen-bond donors (Lipinski definition) is 0. The molecule has 35 heavy (non-hydrogen) atoms. The van der Waals surface area contributed by atoms with Crippen LogP contribution >= 0.6 is 15.9 Å². The summed E-state index contributed by atoms with van der Waals surface area (Å²) >= 11 is 3.49. The summed E-state index contributed by atoms with van der Waals surface area (Å²) in [6.07, 6.45) is -0.115. The van der Waals surface area contributed by atoms with Gasteiger partial charge in [-0.3, -0.25) is 0 Å². The topological polar surface area (TPSA) is 44.8 Å². The van der Waals surface area contributed by atoms with Crippen LogP contribution in [-0.4, -0.2) is 31.9 Å². The Morgan fingerprint density at radius 3 is 2.00 bits per heavy atom. The van der Waals surface area contributed by atoms with Crippen molar-refractivity contribution in [2.45, 2.75) is 40.2 Å². The Morgan fingerprint density at radius 1 is 0.829 bits per heavy atom. The molecule has 0 aliphatic carbocycles. The van der Waals surface area contributed by atoms with Crippen LogP contribution in [0.4, 0.5) is 0 Å². The average Bonchev–Trinajstić information content (AvgIpc) is 2.88. The van der Waals surface area contributed by atoms with E-state index >= 15 is 0 Å². The maximum absolute atomic E-state index is 12.1. The minimum Gasteiger partial charge on any atom is -0.489 e. The molecule has 1 atom stereocenters. The molecule has 4 nitrogen and oxygen atoms in total. The first-order valence-electron chi connectivity index (χ1n) is 11.9. The summed E-state index contributed by atoms with van der Waals surface area (Å²) < 4.78 is 17.8. The molecule has 0 saturated heterocycles. The maximum Gasteiger partial charge on any atom is 0.335 e. The molecule has 184 valence electrons. The van der Waals surface area contributed by atoms with Crippen LogP contribution < -0.4 is 4.74 Å². The molecule has 0 heterocycles. The fraction of sp³-hybridized carbons (Fsp3) is 0.300. The van der Waals surface area contributed by atoms with E-state index in [1.165, 1.54) is 27.8 Å². The first-order chi connectivity index (χ1) is 16.9. The molecule has 0 aliphatic heterocycles. The molecule has 0 N–H and O–H groups in total. The monoisotopic (exact) mass is 536 g/mol. The lowest BCUT2D eigenvalue weighted by atomic mass is 9.99. The van der Waals surface area contributed by atoms with E-state index in [0.717, 1.165) is 15.8 Å². The summed E-state index contributed by atoms with van der Waals surface area (Å²) in [4.78, 5) is 12.1. The quantitative estimate of drug-likeness (QED) is 0.238. The molecule has 3 aromatic rings. The van der Waals surface area contributed by atoms with E-state index in [0.29, 0.717) is 26.2 Å². The first kappa shape index (κ1) is 26.7. The zero-order valence-corrected chi connectivity index (χ0v) is 22.4. The van der Waals surface area contributed by atoms with Crippen LogP contribution in [0.5, 0.6) is 5.75 Å². The molecular formula is C30H33BrO4. The first-order valence-corrected chi connectivity index (χ1v) is 12.7. The summed E-state index contributed by atoms with van der Waals surface area (Å²) in [5, 5.41) is 0. The smallest absolute Gasteiger partial charge is 0.335 e. The Morgan fingerprint density at radius 2 is 1.43 bits per heavy atom. The number of benzene rings is 3. The summed E-state index contributed by atoms with van der Waals surface area (Å²) in [6.45, 7) is 9.20. The minimum absolute atomic E-state index is 0.323. The molecule has 1 unspecified atom stereocenters. The lowest BCUT2D eigenvalue weighted by molar-refractivity contribution is -0.156. The van der Waals surface area contributed by atoms with Gasteiger partial charge in [-0.2, -0.15) is 0 Å². The van der Waals surface area contributed by atoms with Crippen LogP contribution in [0.1, 0.15) is 38.8 Å². The van der Waals surface area contributed by atoms with Gasteiger partial charge in [0.25, 0.3) is 0 Å². The van der Waals surface area contributed by atoms with Crippen molar-refractivity contribution in [2.24, 2.45) is 0 Å². The number of hydrogen-bond acceptors (Lipinski definition) is 4. The third-order valence-electron chi connectivity index (χ3n) is 5.85. The molecule has 0 aliphatic rings. The summed E-state index contributed by atoms with van der Waals surface area (Å²) in [5.74, 6) is 0.464. The molecule has 0 spiro atoms. The van der Waals surface area contributed by atoms with Gasteiger partial charge in [-0.1, -0.05) is 64.5 Å². The van der Waals surface area contributed by atoms with Gasteiger partial charge in [-0.25, -0.2) is 4.79 Å². The normalized spacial score (nSPS) is 12.6. The second kappa shape index (κ2) is 13.3. The van der Waals surface area contributed by atoms with E-state index in [1.54, 1.807) is 6.92 Å². The van der Waals surface area contributed by atoms with Crippen molar-refractivity contribution in [1.82, 2.24) is 0 Å². The third kappa shape index (κ3) is 7.81. The van der Waals surface area contributed by atoms with Crippen LogP contribution in [0.2, 0.25) is 0 Å². The van der Waals surface area contributed by atoms with Crippen LogP contribution in [0.15, 0.2) is 82.8 Å². The summed E-state index contributed by atoms with van der Waals surface area (Å²) in [6, 6.07) is 24.7. The fourth-order valence-corrected chi connectivity index (χ4v) is 3.95. The van der Waals surface area contributed by atoms with Crippen molar-refractivity contribution in [3.05, 3.63) is 94.0 Å². The highest BCUT2D eigenvalue weighted by Crippen LogP contribution is 2.26. The number of rotatable bonds is 11. The number of halogens is 1. The molecular weight excluding hydrogens is 504 g/mol. The van der Waals surface area contributed by atoms with Crippen LogP contribution in [0.3, 0.4) is 0 Å². The molecule has 0 amide bonds. The number of carbonyl (C=O) groups is 1. The molecule has 0 aromatic heterocycles. The number of allylic oxidation sites excluding steroid dienone is 1. The molecule has 5 heteroatoms. The number of carbonyl (C=O) groups excluding carboxylic acids is 1. The van der Waals surface area contributed by atoms with Gasteiger partial charge in [0.05, 0.1) is 6.61 Å². The minimum atomic E-state index is -0.588. The predicted octanol–water partition coefficient (Wildman–Crippen LogP) is 7.50. The van der Waals surface area contributed by atoms with E-state index in [-0.39, 0.29) is 5.97 Å². The van der Waals surface area contributed by atoms with Gasteiger partial charge in [0, 0.05) is 17.5 Å². The van der Waals surface area contributed by atoms with E-state index < -0.39 is 6.10 Å². The zero-order chi connectivity index (χ0) is 25.2. The molecule has 0 radical (unpaired) electrons. The molecule has 0 fully saturated rings. The third-order valence-corrected chi connectivity index (χ3v) is 6.38. The highest BCUT2D eigenvalue weighted by Gasteiger charge is 2.20. The molecule has 0 saturated carbocycles. The lowest BCUT2D eigenvalue weighted by Gasteiger charge is -2.16. The van der Waals surface area contributed by atoms with Crippen LogP contribution in [0, 0.1) is 0 Å². The van der Waals surface area contributed by atoms with Crippen LogP contribution in [0.25, 0.3) is 16.7 Å². The second-order valence-electron chi connectivity index (χ2n) is 8.32. The van der Waals surface area contributed by atoms with Crippen molar-refractivity contribution in [2.75, 3.05) is 19.8 Å². The lowest BCUT2D eigenvalue weighted by Crippen LogP contribution is -2.28. The van der Waals surface area contributed by atoms with Gasteiger partial charge in [0.2, 0.25) is 0 Å². The highest BCUT2D eigenvalue weighted by atomic mass is 79.9. The standard InChI is InChI=1S/C30H33BrO4/c1-5-33-29(30(32)34-6-2)19-23-7-17-28(18-8-23)35-20-21(3)22(4)24-9-11-25(12-10-24)26-13-15-27(31)16-14-26/h7-18,29H,5-6,19-20H2,1-4H3/b22-21+. The Balaban J connectivity index is 1.59. The van der Waals surface area contributed by atoms with E-state index in [2.05, 4.69) is 78.3 Å².